The maximum Gasteiger partial charge on any atom is 0.407 e. The van der Waals surface area contributed by atoms with Crippen molar-refractivity contribution < 1.29 is 33.6 Å². The van der Waals surface area contributed by atoms with Crippen molar-refractivity contribution in [2.45, 2.75) is 31.3 Å². The van der Waals surface area contributed by atoms with Gasteiger partial charge in [0.05, 0.1) is 20.8 Å². The lowest BCUT2D eigenvalue weighted by molar-refractivity contribution is -0.137. The molecule has 0 bridgehead atoms. The summed E-state index contributed by atoms with van der Waals surface area (Å²) in [5.74, 6) is 0.688. The molecule has 0 saturated heterocycles. The molecule has 0 spiro atoms. The Morgan fingerprint density at radius 2 is 1.46 bits per heavy atom. The molecule has 3 aromatic rings. The number of amides is 1. The van der Waals surface area contributed by atoms with Gasteiger partial charge >= 0.3 is 12.1 Å². The van der Waals surface area contributed by atoms with Crippen molar-refractivity contribution in [3.8, 4) is 28.4 Å². The van der Waals surface area contributed by atoms with Crippen LogP contribution in [0.3, 0.4) is 0 Å². The molecule has 2 N–H and O–H groups in total. The van der Waals surface area contributed by atoms with Crippen LogP contribution in [0.15, 0.2) is 66.7 Å². The largest absolute Gasteiger partial charge is 0.496 e. The number of benzene rings is 3. The van der Waals surface area contributed by atoms with Gasteiger partial charge in [0.2, 0.25) is 0 Å². The summed E-state index contributed by atoms with van der Waals surface area (Å²) in [5.41, 5.74) is 4.59. The van der Waals surface area contributed by atoms with Gasteiger partial charge in [0.15, 0.2) is 0 Å². The summed E-state index contributed by atoms with van der Waals surface area (Å²) in [6, 6.07) is 21.4. The summed E-state index contributed by atoms with van der Waals surface area (Å²) < 4.78 is 22.3. The Hall–Kier alpha value is -4.20. The van der Waals surface area contributed by atoms with Crippen molar-refractivity contribution in [1.82, 2.24) is 5.32 Å². The number of hydrogen-bond donors (Lipinski definition) is 2. The highest BCUT2D eigenvalue weighted by molar-refractivity contribution is 5.79. The number of aliphatic carboxylic acids is 1. The quantitative estimate of drug-likeness (QED) is 0.347. The zero-order chi connectivity index (χ0) is 26.2. The molecule has 194 valence electrons. The average molecular weight is 506 g/mol. The van der Waals surface area contributed by atoms with E-state index in [2.05, 4.69) is 29.6 Å². The summed E-state index contributed by atoms with van der Waals surface area (Å²) in [5, 5.41) is 11.8. The molecule has 8 heteroatoms. The van der Waals surface area contributed by atoms with E-state index in [0.717, 1.165) is 22.3 Å². The van der Waals surface area contributed by atoms with Crippen molar-refractivity contribution in [1.29, 1.82) is 0 Å². The van der Waals surface area contributed by atoms with Crippen molar-refractivity contribution in [3.05, 3.63) is 77.9 Å². The molecule has 0 radical (unpaired) electrons. The standard InChI is InChI=1S/C29H31NO7/c1-34-20-14-21(35-2)16-22(15-20)37-19(8-7-13-28(31)32)17-30-29(33)36-18-27-25-11-5-3-9-23(25)24-10-4-6-12-26(24)27/h3-6,9-12,14-16,19,27H,7-8,13,17-18H2,1-2H3,(H,30,33)(H,31,32). The second-order valence-corrected chi connectivity index (χ2v) is 8.78. The summed E-state index contributed by atoms with van der Waals surface area (Å²) in [6.45, 7) is 0.354. The lowest BCUT2D eigenvalue weighted by Crippen LogP contribution is -2.36. The van der Waals surface area contributed by atoms with Gasteiger partial charge in [-0.2, -0.15) is 0 Å². The van der Waals surface area contributed by atoms with Gasteiger partial charge in [0, 0.05) is 30.5 Å². The van der Waals surface area contributed by atoms with E-state index in [9.17, 15) is 9.59 Å². The third kappa shape index (κ3) is 6.52. The van der Waals surface area contributed by atoms with E-state index in [1.165, 1.54) is 0 Å². The fourth-order valence-corrected chi connectivity index (χ4v) is 4.57. The molecule has 0 fully saturated rings. The number of carboxylic acid groups (broad SMARTS) is 1. The topological polar surface area (TPSA) is 103 Å². The highest BCUT2D eigenvalue weighted by atomic mass is 16.5. The van der Waals surface area contributed by atoms with Crippen molar-refractivity contribution in [3.63, 3.8) is 0 Å². The molecule has 1 atom stereocenters. The summed E-state index contributed by atoms with van der Waals surface area (Å²) in [6.07, 6.45) is -0.205. The van der Waals surface area contributed by atoms with Crippen LogP contribution in [0.2, 0.25) is 0 Å². The van der Waals surface area contributed by atoms with Gasteiger partial charge in [-0.1, -0.05) is 48.5 Å². The molecule has 8 nitrogen and oxygen atoms in total. The predicted octanol–water partition coefficient (Wildman–Crippen LogP) is 5.24. The van der Waals surface area contributed by atoms with Crippen LogP contribution in [-0.4, -0.2) is 50.6 Å². The summed E-state index contributed by atoms with van der Waals surface area (Å²) >= 11 is 0. The number of nitrogens with one attached hydrogen (secondary N) is 1. The lowest BCUT2D eigenvalue weighted by atomic mass is 9.98. The van der Waals surface area contributed by atoms with Crippen LogP contribution >= 0.6 is 0 Å². The molecule has 0 aliphatic heterocycles. The van der Waals surface area contributed by atoms with Crippen LogP contribution in [0.5, 0.6) is 17.2 Å². The smallest absolute Gasteiger partial charge is 0.407 e. The molecule has 37 heavy (non-hydrogen) atoms. The lowest BCUT2D eigenvalue weighted by Gasteiger charge is -2.21. The van der Waals surface area contributed by atoms with Crippen LogP contribution in [-0.2, 0) is 9.53 Å². The minimum Gasteiger partial charge on any atom is -0.496 e. The first-order valence-electron chi connectivity index (χ1n) is 12.2. The van der Waals surface area contributed by atoms with Crippen LogP contribution in [0.25, 0.3) is 11.1 Å². The van der Waals surface area contributed by atoms with Crippen LogP contribution in [0.1, 0.15) is 36.3 Å². The van der Waals surface area contributed by atoms with Gasteiger partial charge in [-0.05, 0) is 35.1 Å². The SMILES string of the molecule is COc1cc(OC)cc(OC(CCCC(=O)O)CNC(=O)OCC2c3ccccc3-c3ccccc32)c1. The molecule has 0 saturated carbocycles. The highest BCUT2D eigenvalue weighted by Crippen LogP contribution is 2.44. The molecule has 0 aromatic heterocycles. The van der Waals surface area contributed by atoms with E-state index in [1.54, 1.807) is 32.4 Å². The Morgan fingerprint density at radius 3 is 2.03 bits per heavy atom. The fraction of sp³-hybridized carbons (Fsp3) is 0.310. The van der Waals surface area contributed by atoms with Gasteiger partial charge in [-0.3, -0.25) is 4.79 Å². The van der Waals surface area contributed by atoms with Gasteiger partial charge in [-0.15, -0.1) is 0 Å². The van der Waals surface area contributed by atoms with E-state index < -0.39 is 18.2 Å². The number of alkyl carbamates (subject to hydrolysis) is 1. The molecule has 1 aliphatic rings. The van der Waals surface area contributed by atoms with Gasteiger partial charge in [0.25, 0.3) is 0 Å². The van der Waals surface area contributed by atoms with Gasteiger partial charge < -0.3 is 29.4 Å². The Morgan fingerprint density at radius 1 is 0.892 bits per heavy atom. The third-order valence-electron chi connectivity index (χ3n) is 6.36. The van der Waals surface area contributed by atoms with Crippen molar-refractivity contribution in [2.75, 3.05) is 27.4 Å². The highest BCUT2D eigenvalue weighted by Gasteiger charge is 2.29. The Bertz CT molecular complexity index is 1170. The monoisotopic (exact) mass is 505 g/mol. The first-order chi connectivity index (χ1) is 18.0. The van der Waals surface area contributed by atoms with Gasteiger partial charge in [-0.25, -0.2) is 4.79 Å². The predicted molar refractivity (Wildman–Crippen MR) is 139 cm³/mol. The fourth-order valence-electron chi connectivity index (χ4n) is 4.57. The molecule has 1 amide bonds. The molecular formula is C29H31NO7. The summed E-state index contributed by atoms with van der Waals surface area (Å²) in [7, 11) is 3.09. The molecule has 4 rings (SSSR count). The number of carboxylic acids is 1. The number of ether oxygens (including phenoxy) is 4. The number of methoxy groups -OCH3 is 2. The van der Waals surface area contributed by atoms with Crippen LogP contribution in [0, 0.1) is 0 Å². The maximum absolute atomic E-state index is 12.6. The second-order valence-electron chi connectivity index (χ2n) is 8.78. The molecular weight excluding hydrogens is 474 g/mol. The average Bonchev–Trinajstić information content (AvgIpc) is 3.23. The molecule has 1 unspecified atom stereocenters. The minimum atomic E-state index is -0.883. The summed E-state index contributed by atoms with van der Waals surface area (Å²) in [4.78, 5) is 23.6. The second kappa shape index (κ2) is 12.2. The van der Waals surface area contributed by atoms with Crippen molar-refractivity contribution >= 4 is 12.1 Å². The van der Waals surface area contributed by atoms with Crippen LogP contribution < -0.4 is 19.5 Å². The van der Waals surface area contributed by atoms with Crippen molar-refractivity contribution in [2.24, 2.45) is 0 Å². The number of carbonyl (C=O) groups excluding carboxylic acids is 1. The normalized spacial score (nSPS) is 12.7. The number of carbonyl (C=O) groups is 2. The minimum absolute atomic E-state index is 0.00619. The van der Waals surface area contributed by atoms with E-state index in [4.69, 9.17) is 24.1 Å². The van der Waals surface area contributed by atoms with Crippen LogP contribution in [0.4, 0.5) is 4.79 Å². The van der Waals surface area contributed by atoms with E-state index in [1.807, 2.05) is 24.3 Å². The first kappa shape index (κ1) is 25.9. The van der Waals surface area contributed by atoms with E-state index in [0.29, 0.717) is 30.1 Å². The van der Waals surface area contributed by atoms with E-state index in [-0.39, 0.29) is 25.5 Å². The number of rotatable bonds is 12. The maximum atomic E-state index is 12.6. The Kier molecular flexibility index (Phi) is 8.51. The van der Waals surface area contributed by atoms with E-state index >= 15 is 0 Å². The molecule has 3 aromatic carbocycles. The Labute approximate surface area is 216 Å². The number of hydrogen-bond acceptors (Lipinski definition) is 6. The zero-order valence-electron chi connectivity index (χ0n) is 20.9. The first-order valence-corrected chi connectivity index (χ1v) is 12.2. The third-order valence-corrected chi connectivity index (χ3v) is 6.36. The Balaban J connectivity index is 1.38. The zero-order valence-corrected chi connectivity index (χ0v) is 20.9. The molecule has 1 aliphatic carbocycles. The molecule has 0 heterocycles. The number of fused-ring (bicyclic) bond motifs is 3. The van der Waals surface area contributed by atoms with Gasteiger partial charge in [0.1, 0.15) is 30.0 Å².